The molecule has 1 N–H and O–H groups in total. The SMILES string of the molecule is Cc1cc(CNC2CC2)nc(-c2ccnc(C)n2)n1. The zero-order chi connectivity index (χ0) is 13.2. The molecule has 0 bridgehead atoms. The highest BCUT2D eigenvalue weighted by molar-refractivity contribution is 5.48. The molecule has 0 aromatic carbocycles. The van der Waals surface area contributed by atoms with Crippen molar-refractivity contribution in [2.45, 2.75) is 39.3 Å². The molecule has 5 heteroatoms. The van der Waals surface area contributed by atoms with Crippen LogP contribution in [0.2, 0.25) is 0 Å². The number of hydrogen-bond donors (Lipinski definition) is 1. The fourth-order valence-corrected chi connectivity index (χ4v) is 1.96. The van der Waals surface area contributed by atoms with E-state index in [2.05, 4.69) is 25.3 Å². The van der Waals surface area contributed by atoms with Crippen LogP contribution in [0, 0.1) is 13.8 Å². The summed E-state index contributed by atoms with van der Waals surface area (Å²) in [6.45, 7) is 4.65. The molecule has 0 saturated heterocycles. The Morgan fingerprint density at radius 1 is 1.21 bits per heavy atom. The van der Waals surface area contributed by atoms with Gasteiger partial charge in [0.05, 0.1) is 5.69 Å². The minimum atomic E-state index is 0.679. The molecule has 19 heavy (non-hydrogen) atoms. The molecule has 0 spiro atoms. The minimum absolute atomic E-state index is 0.679. The largest absolute Gasteiger partial charge is 0.308 e. The first kappa shape index (κ1) is 12.2. The fourth-order valence-electron chi connectivity index (χ4n) is 1.96. The van der Waals surface area contributed by atoms with Crippen molar-refractivity contribution in [1.82, 2.24) is 25.3 Å². The van der Waals surface area contributed by atoms with Crippen molar-refractivity contribution in [3.63, 3.8) is 0 Å². The standard InChI is InChI=1S/C14H17N5/c1-9-7-12(8-16-11-3-4-11)19-14(17-9)13-5-6-15-10(2)18-13/h5-7,11,16H,3-4,8H2,1-2H3. The molecule has 0 aliphatic heterocycles. The van der Waals surface area contributed by atoms with Gasteiger partial charge in [-0.2, -0.15) is 0 Å². The fraction of sp³-hybridized carbons (Fsp3) is 0.429. The summed E-state index contributed by atoms with van der Waals surface area (Å²) >= 11 is 0. The van der Waals surface area contributed by atoms with Crippen molar-refractivity contribution in [3.8, 4) is 11.5 Å². The van der Waals surface area contributed by atoms with E-state index in [9.17, 15) is 0 Å². The van der Waals surface area contributed by atoms with E-state index in [0.717, 1.165) is 29.5 Å². The molecule has 1 aliphatic rings. The topological polar surface area (TPSA) is 63.6 Å². The lowest BCUT2D eigenvalue weighted by Crippen LogP contribution is -2.17. The van der Waals surface area contributed by atoms with E-state index in [1.807, 2.05) is 26.0 Å². The van der Waals surface area contributed by atoms with Gasteiger partial charge in [-0.15, -0.1) is 0 Å². The first-order valence-electron chi connectivity index (χ1n) is 6.59. The van der Waals surface area contributed by atoms with Gasteiger partial charge in [0.2, 0.25) is 0 Å². The predicted octanol–water partition coefficient (Wildman–Crippen LogP) is 1.80. The Bertz CT molecular complexity index is 592. The van der Waals surface area contributed by atoms with Gasteiger partial charge >= 0.3 is 0 Å². The zero-order valence-electron chi connectivity index (χ0n) is 11.2. The smallest absolute Gasteiger partial charge is 0.178 e. The van der Waals surface area contributed by atoms with Crippen LogP contribution >= 0.6 is 0 Å². The molecular weight excluding hydrogens is 238 g/mol. The number of hydrogen-bond acceptors (Lipinski definition) is 5. The van der Waals surface area contributed by atoms with Crippen molar-refractivity contribution in [2.75, 3.05) is 0 Å². The van der Waals surface area contributed by atoms with E-state index >= 15 is 0 Å². The molecule has 5 nitrogen and oxygen atoms in total. The molecule has 3 rings (SSSR count). The van der Waals surface area contributed by atoms with Gasteiger partial charge in [0.15, 0.2) is 5.82 Å². The van der Waals surface area contributed by atoms with Gasteiger partial charge in [0.1, 0.15) is 11.5 Å². The number of nitrogens with zero attached hydrogens (tertiary/aromatic N) is 4. The Hall–Kier alpha value is -1.88. The van der Waals surface area contributed by atoms with Crippen molar-refractivity contribution in [1.29, 1.82) is 0 Å². The average Bonchev–Trinajstić information content (AvgIpc) is 3.20. The molecule has 1 fully saturated rings. The summed E-state index contributed by atoms with van der Waals surface area (Å²) in [4.78, 5) is 17.5. The molecule has 1 aliphatic carbocycles. The monoisotopic (exact) mass is 255 g/mol. The van der Waals surface area contributed by atoms with E-state index in [4.69, 9.17) is 0 Å². The Balaban J connectivity index is 1.87. The van der Waals surface area contributed by atoms with Crippen LogP contribution in [-0.2, 0) is 6.54 Å². The van der Waals surface area contributed by atoms with Gasteiger partial charge in [0.25, 0.3) is 0 Å². The van der Waals surface area contributed by atoms with Crippen LogP contribution in [0.4, 0.5) is 0 Å². The molecule has 0 atom stereocenters. The first-order valence-corrected chi connectivity index (χ1v) is 6.59. The first-order chi connectivity index (χ1) is 9.20. The summed E-state index contributed by atoms with van der Waals surface area (Å²) < 4.78 is 0. The highest BCUT2D eigenvalue weighted by atomic mass is 15.0. The maximum atomic E-state index is 4.58. The lowest BCUT2D eigenvalue weighted by Gasteiger charge is -2.06. The van der Waals surface area contributed by atoms with Gasteiger partial charge in [-0.1, -0.05) is 0 Å². The molecule has 2 aromatic heterocycles. The van der Waals surface area contributed by atoms with Gasteiger partial charge in [-0.25, -0.2) is 19.9 Å². The van der Waals surface area contributed by atoms with Crippen molar-refractivity contribution in [2.24, 2.45) is 0 Å². The van der Waals surface area contributed by atoms with Crippen LogP contribution in [0.3, 0.4) is 0 Å². The molecule has 0 unspecified atom stereocenters. The number of nitrogens with one attached hydrogen (secondary N) is 1. The second kappa shape index (κ2) is 5.01. The minimum Gasteiger partial charge on any atom is -0.308 e. The summed E-state index contributed by atoms with van der Waals surface area (Å²) in [5, 5.41) is 3.47. The number of aromatic nitrogens is 4. The van der Waals surface area contributed by atoms with Crippen molar-refractivity contribution >= 4 is 0 Å². The van der Waals surface area contributed by atoms with Crippen molar-refractivity contribution in [3.05, 3.63) is 35.5 Å². The summed E-state index contributed by atoms with van der Waals surface area (Å²) in [6.07, 6.45) is 4.30. The Kier molecular flexibility index (Phi) is 3.21. The molecular formula is C14H17N5. The van der Waals surface area contributed by atoms with E-state index in [0.29, 0.717) is 11.9 Å². The zero-order valence-corrected chi connectivity index (χ0v) is 11.2. The summed E-state index contributed by atoms with van der Waals surface area (Å²) in [5.74, 6) is 1.42. The van der Waals surface area contributed by atoms with E-state index in [1.54, 1.807) is 6.20 Å². The van der Waals surface area contributed by atoms with Crippen LogP contribution in [0.25, 0.3) is 11.5 Å². The van der Waals surface area contributed by atoms with E-state index in [1.165, 1.54) is 12.8 Å². The van der Waals surface area contributed by atoms with E-state index in [-0.39, 0.29) is 0 Å². The van der Waals surface area contributed by atoms with Gasteiger partial charge in [0, 0.05) is 24.5 Å². The Morgan fingerprint density at radius 3 is 2.79 bits per heavy atom. The average molecular weight is 255 g/mol. The van der Waals surface area contributed by atoms with Crippen LogP contribution in [0.15, 0.2) is 18.3 Å². The lowest BCUT2D eigenvalue weighted by molar-refractivity contribution is 0.672. The molecule has 0 radical (unpaired) electrons. The summed E-state index contributed by atoms with van der Waals surface area (Å²) in [6, 6.07) is 4.55. The highest BCUT2D eigenvalue weighted by Crippen LogP contribution is 2.19. The maximum absolute atomic E-state index is 4.58. The van der Waals surface area contributed by atoms with Gasteiger partial charge < -0.3 is 5.32 Å². The molecule has 2 aromatic rings. The second-order valence-electron chi connectivity index (χ2n) is 4.97. The normalized spacial score (nSPS) is 14.6. The van der Waals surface area contributed by atoms with Crippen LogP contribution < -0.4 is 5.32 Å². The number of aryl methyl sites for hydroxylation is 2. The Labute approximate surface area is 112 Å². The third-order valence-corrected chi connectivity index (χ3v) is 3.06. The summed E-state index contributed by atoms with van der Waals surface area (Å²) in [5.41, 5.74) is 2.77. The second-order valence-corrected chi connectivity index (χ2v) is 4.97. The van der Waals surface area contributed by atoms with E-state index < -0.39 is 0 Å². The highest BCUT2D eigenvalue weighted by Gasteiger charge is 2.20. The molecule has 2 heterocycles. The van der Waals surface area contributed by atoms with Crippen LogP contribution in [0.1, 0.15) is 30.1 Å². The quantitative estimate of drug-likeness (QED) is 0.902. The molecule has 98 valence electrons. The lowest BCUT2D eigenvalue weighted by atomic mass is 10.3. The van der Waals surface area contributed by atoms with Crippen molar-refractivity contribution < 1.29 is 0 Å². The van der Waals surface area contributed by atoms with Gasteiger partial charge in [-0.3, -0.25) is 0 Å². The van der Waals surface area contributed by atoms with Gasteiger partial charge in [-0.05, 0) is 38.8 Å². The third kappa shape index (κ3) is 3.12. The number of rotatable bonds is 4. The molecule has 0 amide bonds. The summed E-state index contributed by atoms with van der Waals surface area (Å²) in [7, 11) is 0. The molecule has 1 saturated carbocycles. The van der Waals surface area contributed by atoms with Crippen LogP contribution in [0.5, 0.6) is 0 Å². The van der Waals surface area contributed by atoms with Crippen LogP contribution in [-0.4, -0.2) is 26.0 Å². The predicted molar refractivity (Wildman–Crippen MR) is 72.4 cm³/mol. The maximum Gasteiger partial charge on any atom is 0.178 e. The third-order valence-electron chi connectivity index (χ3n) is 3.06. The Morgan fingerprint density at radius 2 is 2.05 bits per heavy atom.